The zero-order chi connectivity index (χ0) is 13.4. The number of aryl methyl sites for hydroxylation is 1. The first-order chi connectivity index (χ1) is 9.15. The molecule has 3 rings (SSSR count). The van der Waals surface area contributed by atoms with Crippen LogP contribution in [0.2, 0.25) is 0 Å². The highest BCUT2D eigenvalue weighted by molar-refractivity contribution is 7.09. The number of rotatable bonds is 3. The number of aromatic nitrogens is 4. The Morgan fingerprint density at radius 3 is 3.00 bits per heavy atom. The first-order valence-corrected chi connectivity index (χ1v) is 6.48. The third-order valence-corrected chi connectivity index (χ3v) is 3.82. The van der Waals surface area contributed by atoms with E-state index in [2.05, 4.69) is 15.3 Å². The fourth-order valence-corrected chi connectivity index (χ4v) is 2.59. The van der Waals surface area contributed by atoms with Crippen LogP contribution in [0.3, 0.4) is 0 Å². The molecule has 0 amide bonds. The maximum absolute atomic E-state index is 11.0. The SMILES string of the molecule is Cc1ncsc1Cn1nnc2ccc(C(=O)O)cc21. The van der Waals surface area contributed by atoms with E-state index >= 15 is 0 Å². The lowest BCUT2D eigenvalue weighted by atomic mass is 10.2. The van der Waals surface area contributed by atoms with Gasteiger partial charge in [0.2, 0.25) is 0 Å². The predicted molar refractivity (Wildman–Crippen MR) is 70.4 cm³/mol. The quantitative estimate of drug-likeness (QED) is 0.789. The number of nitrogens with zero attached hydrogens (tertiary/aromatic N) is 4. The van der Waals surface area contributed by atoms with Gasteiger partial charge in [0, 0.05) is 4.88 Å². The van der Waals surface area contributed by atoms with Crippen molar-refractivity contribution in [3.8, 4) is 0 Å². The van der Waals surface area contributed by atoms with Gasteiger partial charge in [-0.25, -0.2) is 14.5 Å². The van der Waals surface area contributed by atoms with Crippen molar-refractivity contribution in [3.05, 3.63) is 39.8 Å². The third-order valence-electron chi connectivity index (χ3n) is 2.90. The Balaban J connectivity index is 2.06. The van der Waals surface area contributed by atoms with Crippen molar-refractivity contribution in [2.45, 2.75) is 13.5 Å². The molecule has 3 aromatic rings. The van der Waals surface area contributed by atoms with Crippen LogP contribution < -0.4 is 0 Å². The minimum Gasteiger partial charge on any atom is -0.478 e. The van der Waals surface area contributed by atoms with Gasteiger partial charge >= 0.3 is 5.97 Å². The van der Waals surface area contributed by atoms with Gasteiger partial charge < -0.3 is 5.11 Å². The lowest BCUT2D eigenvalue weighted by Gasteiger charge is -2.01. The summed E-state index contributed by atoms with van der Waals surface area (Å²) in [6.07, 6.45) is 0. The zero-order valence-corrected chi connectivity index (χ0v) is 10.9. The molecule has 1 N–H and O–H groups in total. The monoisotopic (exact) mass is 274 g/mol. The van der Waals surface area contributed by atoms with E-state index in [1.54, 1.807) is 33.7 Å². The number of carboxylic acid groups (broad SMARTS) is 1. The average molecular weight is 274 g/mol. The molecule has 0 saturated heterocycles. The molecule has 19 heavy (non-hydrogen) atoms. The Morgan fingerprint density at radius 1 is 1.47 bits per heavy atom. The van der Waals surface area contributed by atoms with Crippen LogP contribution in [0.4, 0.5) is 0 Å². The number of carbonyl (C=O) groups is 1. The Labute approximate surface area is 112 Å². The molecule has 0 atom stereocenters. The van der Waals surface area contributed by atoms with Gasteiger partial charge in [-0.15, -0.1) is 16.4 Å². The van der Waals surface area contributed by atoms with Gasteiger partial charge in [0.15, 0.2) is 0 Å². The van der Waals surface area contributed by atoms with Crippen LogP contribution >= 0.6 is 11.3 Å². The van der Waals surface area contributed by atoms with Crippen LogP contribution in [-0.4, -0.2) is 31.1 Å². The molecule has 96 valence electrons. The Morgan fingerprint density at radius 2 is 2.32 bits per heavy atom. The summed E-state index contributed by atoms with van der Waals surface area (Å²) in [7, 11) is 0. The lowest BCUT2D eigenvalue weighted by molar-refractivity contribution is 0.0697. The van der Waals surface area contributed by atoms with E-state index in [0.717, 1.165) is 10.6 Å². The van der Waals surface area contributed by atoms with Gasteiger partial charge in [0.05, 0.1) is 28.8 Å². The number of hydrogen-bond donors (Lipinski definition) is 1. The minimum atomic E-state index is -0.955. The molecule has 2 heterocycles. The summed E-state index contributed by atoms with van der Waals surface area (Å²) >= 11 is 1.55. The van der Waals surface area contributed by atoms with Gasteiger partial charge in [-0.1, -0.05) is 5.21 Å². The maximum atomic E-state index is 11.0. The van der Waals surface area contributed by atoms with Crippen molar-refractivity contribution < 1.29 is 9.90 Å². The van der Waals surface area contributed by atoms with E-state index in [1.807, 2.05) is 6.92 Å². The van der Waals surface area contributed by atoms with E-state index in [9.17, 15) is 4.79 Å². The van der Waals surface area contributed by atoms with Crippen molar-refractivity contribution in [2.24, 2.45) is 0 Å². The number of hydrogen-bond acceptors (Lipinski definition) is 5. The Bertz CT molecular complexity index is 762. The van der Waals surface area contributed by atoms with Crippen molar-refractivity contribution >= 4 is 28.3 Å². The molecular weight excluding hydrogens is 264 g/mol. The molecule has 0 bridgehead atoms. The van der Waals surface area contributed by atoms with Gasteiger partial charge in [0.1, 0.15) is 5.52 Å². The molecule has 0 aliphatic rings. The summed E-state index contributed by atoms with van der Waals surface area (Å²) < 4.78 is 1.70. The fraction of sp³-hybridized carbons (Fsp3) is 0.167. The second-order valence-corrected chi connectivity index (χ2v) is 5.06. The zero-order valence-electron chi connectivity index (χ0n) is 10.1. The van der Waals surface area contributed by atoms with Crippen molar-refractivity contribution in [1.29, 1.82) is 0 Å². The van der Waals surface area contributed by atoms with Crippen LogP contribution in [0.15, 0.2) is 23.7 Å². The summed E-state index contributed by atoms with van der Waals surface area (Å²) in [5.41, 5.74) is 4.38. The van der Waals surface area contributed by atoms with Gasteiger partial charge in [-0.3, -0.25) is 0 Å². The maximum Gasteiger partial charge on any atom is 0.335 e. The van der Waals surface area contributed by atoms with Gasteiger partial charge in [-0.05, 0) is 25.1 Å². The smallest absolute Gasteiger partial charge is 0.335 e. The van der Waals surface area contributed by atoms with Crippen LogP contribution in [-0.2, 0) is 6.54 Å². The summed E-state index contributed by atoms with van der Waals surface area (Å²) in [6.45, 7) is 2.49. The average Bonchev–Trinajstić information content (AvgIpc) is 2.97. The summed E-state index contributed by atoms with van der Waals surface area (Å²) in [6, 6.07) is 4.79. The van der Waals surface area contributed by atoms with Crippen molar-refractivity contribution in [2.75, 3.05) is 0 Å². The van der Waals surface area contributed by atoms with E-state index < -0.39 is 5.97 Å². The van der Waals surface area contributed by atoms with Crippen LogP contribution in [0.1, 0.15) is 20.9 Å². The molecule has 0 aliphatic carbocycles. The van der Waals surface area contributed by atoms with Crippen LogP contribution in [0.25, 0.3) is 11.0 Å². The highest BCUT2D eigenvalue weighted by Gasteiger charge is 2.11. The first-order valence-electron chi connectivity index (χ1n) is 5.60. The minimum absolute atomic E-state index is 0.233. The summed E-state index contributed by atoms with van der Waals surface area (Å²) in [5.74, 6) is -0.955. The fourth-order valence-electron chi connectivity index (χ4n) is 1.83. The number of fused-ring (bicyclic) bond motifs is 1. The number of benzene rings is 1. The molecule has 0 spiro atoms. The molecule has 0 radical (unpaired) electrons. The van der Waals surface area contributed by atoms with Crippen LogP contribution in [0.5, 0.6) is 0 Å². The topological polar surface area (TPSA) is 80.9 Å². The Hall–Kier alpha value is -2.28. The van der Waals surface area contributed by atoms with Gasteiger partial charge in [0.25, 0.3) is 0 Å². The molecule has 0 fully saturated rings. The van der Waals surface area contributed by atoms with E-state index in [4.69, 9.17) is 5.11 Å². The Kier molecular flexibility index (Phi) is 2.75. The van der Waals surface area contributed by atoms with Gasteiger partial charge in [-0.2, -0.15) is 0 Å². The highest BCUT2D eigenvalue weighted by atomic mass is 32.1. The molecule has 6 nitrogen and oxygen atoms in total. The lowest BCUT2D eigenvalue weighted by Crippen LogP contribution is -2.03. The first kappa shape index (κ1) is 11.8. The van der Waals surface area contributed by atoms with Crippen LogP contribution in [0, 0.1) is 6.92 Å². The molecule has 1 aromatic carbocycles. The standard InChI is InChI=1S/C12H10N4O2S/c1-7-11(19-6-13-7)5-16-10-4-8(12(17)18)2-3-9(10)14-15-16/h2-4,6H,5H2,1H3,(H,17,18). The largest absolute Gasteiger partial charge is 0.478 e. The molecule has 0 aliphatic heterocycles. The highest BCUT2D eigenvalue weighted by Crippen LogP contribution is 2.18. The number of carboxylic acids is 1. The summed E-state index contributed by atoms with van der Waals surface area (Å²) in [5, 5.41) is 17.1. The molecule has 0 saturated carbocycles. The van der Waals surface area contributed by atoms with E-state index in [1.165, 1.54) is 6.07 Å². The van der Waals surface area contributed by atoms with Crippen molar-refractivity contribution in [3.63, 3.8) is 0 Å². The number of thiazole rings is 1. The third kappa shape index (κ3) is 2.08. The molecule has 7 heteroatoms. The molecule has 0 unspecified atom stereocenters. The summed E-state index contributed by atoms with van der Waals surface area (Å²) in [4.78, 5) is 16.3. The van der Waals surface area contributed by atoms with E-state index in [-0.39, 0.29) is 5.56 Å². The van der Waals surface area contributed by atoms with E-state index in [0.29, 0.717) is 17.6 Å². The molecule has 2 aromatic heterocycles. The van der Waals surface area contributed by atoms with Crippen molar-refractivity contribution in [1.82, 2.24) is 20.0 Å². The second-order valence-electron chi connectivity index (χ2n) is 4.12. The number of aromatic carboxylic acids is 1. The normalized spacial score (nSPS) is 11.0. The molecular formula is C12H10N4O2S. The predicted octanol–water partition coefficient (Wildman–Crippen LogP) is 1.94. The second kappa shape index (κ2) is 4.43.